The van der Waals surface area contributed by atoms with Gasteiger partial charge in [0.25, 0.3) is 5.91 Å². The highest BCUT2D eigenvalue weighted by Gasteiger charge is 2.37. The van der Waals surface area contributed by atoms with Gasteiger partial charge in [0.1, 0.15) is 5.82 Å². The van der Waals surface area contributed by atoms with Crippen LogP contribution < -0.4 is 10.6 Å². The fourth-order valence-corrected chi connectivity index (χ4v) is 4.37. The fourth-order valence-electron chi connectivity index (χ4n) is 4.37. The lowest BCUT2D eigenvalue weighted by molar-refractivity contribution is -0.143. The smallest absolute Gasteiger partial charge is 0.367 e. The molecule has 2 aromatic carbocycles. The van der Waals surface area contributed by atoms with Gasteiger partial charge >= 0.3 is 12.4 Å². The van der Waals surface area contributed by atoms with Gasteiger partial charge in [0.15, 0.2) is 0 Å². The van der Waals surface area contributed by atoms with E-state index in [2.05, 4.69) is 15.6 Å². The topological polar surface area (TPSA) is 54.0 Å². The summed E-state index contributed by atoms with van der Waals surface area (Å²) in [6.45, 7) is 2.00. The maximum absolute atomic E-state index is 13.1. The molecule has 1 fully saturated rings. The Morgan fingerprint density at radius 2 is 1.42 bits per heavy atom. The van der Waals surface area contributed by atoms with Crippen molar-refractivity contribution in [3.05, 3.63) is 70.8 Å². The van der Waals surface area contributed by atoms with E-state index in [-0.39, 0.29) is 30.6 Å². The molecule has 0 unspecified atom stereocenters. The molecule has 36 heavy (non-hydrogen) atoms. The average molecular weight is 532 g/mol. The summed E-state index contributed by atoms with van der Waals surface area (Å²) >= 11 is 0. The third-order valence-electron chi connectivity index (χ3n) is 6.19. The van der Waals surface area contributed by atoms with Crippen LogP contribution in [0.15, 0.2) is 48.5 Å². The molecule has 4 rings (SSSR count). The molecule has 3 aromatic rings. The zero-order valence-electron chi connectivity index (χ0n) is 19.1. The second-order valence-electron chi connectivity index (χ2n) is 8.80. The first-order valence-corrected chi connectivity index (χ1v) is 11.1. The zero-order chi connectivity index (χ0) is 25.4. The Hall–Kier alpha value is -3.01. The molecule has 1 heterocycles. The number of pyridine rings is 1. The van der Waals surface area contributed by atoms with Crippen molar-refractivity contribution in [2.75, 3.05) is 5.32 Å². The van der Waals surface area contributed by atoms with E-state index < -0.39 is 35.0 Å². The monoisotopic (exact) mass is 531 g/mol. The Kier molecular flexibility index (Phi) is 8.07. The van der Waals surface area contributed by atoms with Crippen LogP contribution in [0.5, 0.6) is 0 Å². The van der Waals surface area contributed by atoms with E-state index in [4.69, 9.17) is 0 Å². The molecule has 0 radical (unpaired) electrons. The number of aromatic nitrogens is 1. The number of nitrogens with one attached hydrogen (secondary N) is 2. The Bertz CT molecular complexity index is 1200. The maximum atomic E-state index is 13.1. The number of carbonyl (C=O) groups excluding carboxylic acids is 1. The van der Waals surface area contributed by atoms with E-state index in [1.165, 1.54) is 0 Å². The van der Waals surface area contributed by atoms with E-state index in [1.807, 2.05) is 37.3 Å². The van der Waals surface area contributed by atoms with Crippen LogP contribution >= 0.6 is 12.4 Å². The predicted octanol–water partition coefficient (Wildman–Crippen LogP) is 7.16. The van der Waals surface area contributed by atoms with Crippen molar-refractivity contribution < 1.29 is 31.1 Å². The molecule has 0 bridgehead atoms. The van der Waals surface area contributed by atoms with Crippen molar-refractivity contribution in [3.8, 4) is 0 Å². The van der Waals surface area contributed by atoms with Gasteiger partial charge < -0.3 is 10.6 Å². The molecule has 0 aliphatic heterocycles. The normalized spacial score (nSPS) is 18.4. The Morgan fingerprint density at radius 3 is 2.00 bits per heavy atom. The van der Waals surface area contributed by atoms with E-state index in [0.29, 0.717) is 37.8 Å². The van der Waals surface area contributed by atoms with Crippen LogP contribution in [0.4, 0.5) is 32.2 Å². The molecule has 1 saturated carbocycles. The van der Waals surface area contributed by atoms with Crippen LogP contribution in [0, 0.1) is 6.92 Å². The molecule has 11 heteroatoms. The summed E-state index contributed by atoms with van der Waals surface area (Å²) in [4.78, 5) is 17.2. The molecular weight excluding hydrogens is 508 g/mol. The first kappa shape index (κ1) is 27.6. The Labute approximate surface area is 209 Å². The third-order valence-corrected chi connectivity index (χ3v) is 6.19. The number of carbonyl (C=O) groups is 1. The molecule has 1 aromatic heterocycles. The van der Waals surface area contributed by atoms with Crippen LogP contribution in [-0.2, 0) is 12.4 Å². The van der Waals surface area contributed by atoms with Crippen molar-refractivity contribution in [1.29, 1.82) is 0 Å². The van der Waals surface area contributed by atoms with Gasteiger partial charge in [0.05, 0.1) is 16.6 Å². The van der Waals surface area contributed by atoms with Crippen LogP contribution in [-0.4, -0.2) is 23.0 Å². The summed E-state index contributed by atoms with van der Waals surface area (Å²) in [5, 5.41) is 7.05. The summed E-state index contributed by atoms with van der Waals surface area (Å²) in [5.74, 6) is -0.220. The van der Waals surface area contributed by atoms with E-state index >= 15 is 0 Å². The number of anilines is 1. The lowest BCUT2D eigenvalue weighted by Crippen LogP contribution is -2.40. The summed E-state index contributed by atoms with van der Waals surface area (Å²) in [7, 11) is 0. The first-order valence-electron chi connectivity index (χ1n) is 11.1. The summed E-state index contributed by atoms with van der Waals surface area (Å²) in [6, 6.07) is 10.4. The number of benzene rings is 2. The first-order chi connectivity index (χ1) is 16.4. The fraction of sp³-hybridized carbons (Fsp3) is 0.360. The lowest BCUT2D eigenvalue weighted by atomic mass is 9.90. The zero-order valence-corrected chi connectivity index (χ0v) is 19.9. The van der Waals surface area contributed by atoms with Crippen molar-refractivity contribution in [1.82, 2.24) is 10.3 Å². The molecule has 2 N–H and O–H groups in total. The number of fused-ring (bicyclic) bond motifs is 1. The molecular formula is C25H24ClF6N3O. The molecule has 1 aliphatic rings. The van der Waals surface area contributed by atoms with E-state index in [1.54, 1.807) is 0 Å². The van der Waals surface area contributed by atoms with Gasteiger partial charge in [-0.05, 0) is 68.5 Å². The van der Waals surface area contributed by atoms with Crippen LogP contribution in [0.1, 0.15) is 52.7 Å². The highest BCUT2D eigenvalue weighted by atomic mass is 35.5. The van der Waals surface area contributed by atoms with Gasteiger partial charge in [-0.3, -0.25) is 4.79 Å². The molecule has 1 amide bonds. The van der Waals surface area contributed by atoms with E-state index in [9.17, 15) is 31.1 Å². The highest BCUT2D eigenvalue weighted by molar-refractivity contribution is 5.95. The van der Waals surface area contributed by atoms with Gasteiger partial charge in [-0.2, -0.15) is 26.3 Å². The number of amides is 1. The number of hydrogen-bond donors (Lipinski definition) is 2. The molecule has 0 saturated heterocycles. The molecule has 1 aliphatic carbocycles. The second kappa shape index (κ2) is 10.5. The number of rotatable bonds is 4. The number of para-hydroxylation sites is 1. The number of alkyl halides is 6. The lowest BCUT2D eigenvalue weighted by Gasteiger charge is -2.30. The van der Waals surface area contributed by atoms with Crippen molar-refractivity contribution in [3.63, 3.8) is 0 Å². The van der Waals surface area contributed by atoms with Gasteiger partial charge in [0, 0.05) is 23.0 Å². The molecule has 4 nitrogen and oxygen atoms in total. The number of nitrogens with zero attached hydrogens (tertiary/aromatic N) is 1. The van der Waals surface area contributed by atoms with Crippen LogP contribution in [0.2, 0.25) is 0 Å². The number of aryl methyl sites for hydroxylation is 1. The largest absolute Gasteiger partial charge is 0.416 e. The standard InChI is InChI=1S/C25H23F6N3O.ClH/c1-14-10-22(34-21-5-3-2-4-20(14)21)32-18-6-8-19(9-7-18)33-23(35)15-11-16(24(26,27)28)13-17(12-15)25(29,30)31;/h2-5,10-13,18-19H,6-9H2,1H3,(H,32,34)(H,33,35);1H/t18-,19+;. The number of halogens is 7. The quantitative estimate of drug-likeness (QED) is 0.351. The van der Waals surface area contributed by atoms with Crippen molar-refractivity contribution in [2.45, 2.75) is 57.0 Å². The maximum Gasteiger partial charge on any atom is 0.416 e. The second-order valence-corrected chi connectivity index (χ2v) is 8.80. The average Bonchev–Trinajstić information content (AvgIpc) is 2.79. The van der Waals surface area contributed by atoms with Gasteiger partial charge in [-0.1, -0.05) is 18.2 Å². The minimum absolute atomic E-state index is 0. The van der Waals surface area contributed by atoms with Gasteiger partial charge in [-0.15, -0.1) is 12.4 Å². The Morgan fingerprint density at radius 1 is 0.861 bits per heavy atom. The highest BCUT2D eigenvalue weighted by Crippen LogP contribution is 2.36. The summed E-state index contributed by atoms with van der Waals surface area (Å²) < 4.78 is 78.5. The molecule has 194 valence electrons. The SMILES string of the molecule is Cc1cc(N[C@H]2CC[C@@H](NC(=O)c3cc(C(F)(F)F)cc(C(F)(F)F)c3)CC2)nc2ccccc12.Cl. The molecule has 0 spiro atoms. The van der Waals surface area contributed by atoms with Gasteiger partial charge in [0.2, 0.25) is 0 Å². The van der Waals surface area contributed by atoms with Crippen LogP contribution in [0.25, 0.3) is 10.9 Å². The van der Waals surface area contributed by atoms with Crippen molar-refractivity contribution in [2.24, 2.45) is 0 Å². The summed E-state index contributed by atoms with van der Waals surface area (Å²) in [5.41, 5.74) is -1.73. The summed E-state index contributed by atoms with van der Waals surface area (Å²) in [6.07, 6.45) is -7.63. The number of hydrogen-bond acceptors (Lipinski definition) is 3. The predicted molar refractivity (Wildman–Crippen MR) is 127 cm³/mol. The minimum atomic E-state index is -5.00. The van der Waals surface area contributed by atoms with Crippen LogP contribution in [0.3, 0.4) is 0 Å². The van der Waals surface area contributed by atoms with Gasteiger partial charge in [-0.25, -0.2) is 4.98 Å². The van der Waals surface area contributed by atoms with Crippen molar-refractivity contribution >= 4 is 35.0 Å². The van der Waals surface area contributed by atoms with E-state index in [0.717, 1.165) is 22.3 Å². The minimum Gasteiger partial charge on any atom is -0.367 e. The Balaban J connectivity index is 0.00000361. The molecule has 0 atom stereocenters. The third kappa shape index (κ3) is 6.40.